The third kappa shape index (κ3) is 4.69. The molecule has 4 nitrogen and oxygen atoms in total. The van der Waals surface area contributed by atoms with Crippen LogP contribution in [0.4, 0.5) is 0 Å². The van der Waals surface area contributed by atoms with E-state index in [2.05, 4.69) is 43.1 Å². The maximum atomic E-state index is 10.8. The van der Waals surface area contributed by atoms with E-state index in [0.29, 0.717) is 13.2 Å². The van der Waals surface area contributed by atoms with E-state index in [-0.39, 0.29) is 5.41 Å². The molecule has 1 aliphatic heterocycles. The van der Waals surface area contributed by atoms with Gasteiger partial charge in [0.1, 0.15) is 5.75 Å². The smallest absolute Gasteiger partial charge is 0.125 e. The molecule has 0 amide bonds. The summed E-state index contributed by atoms with van der Waals surface area (Å²) in [4.78, 5) is 2.31. The first kappa shape index (κ1) is 18.2. The van der Waals surface area contributed by atoms with Crippen LogP contribution in [0, 0.1) is 0 Å². The van der Waals surface area contributed by atoms with E-state index in [9.17, 15) is 5.11 Å². The highest BCUT2D eigenvalue weighted by atomic mass is 16.5. The van der Waals surface area contributed by atoms with E-state index in [1.54, 1.807) is 0 Å². The first-order chi connectivity index (χ1) is 11.0. The van der Waals surface area contributed by atoms with Gasteiger partial charge in [-0.3, -0.25) is 4.90 Å². The topological polar surface area (TPSA) is 44.7 Å². The van der Waals surface area contributed by atoms with Crippen LogP contribution >= 0.6 is 0 Å². The summed E-state index contributed by atoms with van der Waals surface area (Å²) < 4.78 is 5.76. The molecule has 1 fully saturated rings. The Hall–Kier alpha value is -1.10. The number of rotatable bonds is 7. The number of piperazine rings is 1. The van der Waals surface area contributed by atoms with Crippen LogP contribution in [0.5, 0.6) is 5.75 Å². The molecule has 0 spiro atoms. The number of aliphatic hydroxyl groups excluding tert-OH is 1. The number of ether oxygens (including phenoxy) is 1. The highest BCUT2D eigenvalue weighted by molar-refractivity contribution is 5.41. The zero-order valence-corrected chi connectivity index (χ0v) is 15.1. The number of aliphatic hydroxyl groups is 1. The average molecular weight is 320 g/mol. The quantitative estimate of drug-likeness (QED) is 0.811. The molecule has 0 saturated carbocycles. The van der Waals surface area contributed by atoms with E-state index >= 15 is 0 Å². The molecule has 1 aromatic carbocycles. The summed E-state index contributed by atoms with van der Waals surface area (Å²) in [6.07, 6.45) is 0.552. The lowest BCUT2D eigenvalue weighted by molar-refractivity contribution is 0.103. The van der Waals surface area contributed by atoms with E-state index in [4.69, 9.17) is 4.74 Å². The van der Waals surface area contributed by atoms with Gasteiger partial charge >= 0.3 is 0 Å². The Morgan fingerprint density at radius 3 is 2.57 bits per heavy atom. The number of β-amino-alcohol motifs (C(OH)–C–C–N with tert-alkyl or cyclic N) is 1. The van der Waals surface area contributed by atoms with Crippen LogP contribution in [0.3, 0.4) is 0 Å². The molecule has 1 saturated heterocycles. The van der Waals surface area contributed by atoms with Crippen LogP contribution in [0.2, 0.25) is 0 Å². The van der Waals surface area contributed by atoms with Crippen molar-refractivity contribution in [1.29, 1.82) is 0 Å². The van der Waals surface area contributed by atoms with Gasteiger partial charge in [-0.2, -0.15) is 0 Å². The van der Waals surface area contributed by atoms with Gasteiger partial charge in [-0.1, -0.05) is 26.8 Å². The van der Waals surface area contributed by atoms with Crippen molar-refractivity contribution in [3.05, 3.63) is 29.3 Å². The summed E-state index contributed by atoms with van der Waals surface area (Å²) >= 11 is 0. The van der Waals surface area contributed by atoms with Gasteiger partial charge in [0.15, 0.2) is 0 Å². The molecule has 0 aliphatic carbocycles. The van der Waals surface area contributed by atoms with Gasteiger partial charge in [0, 0.05) is 38.3 Å². The second kappa shape index (κ2) is 8.13. The molecule has 1 aromatic rings. The maximum Gasteiger partial charge on any atom is 0.125 e. The third-order valence-corrected chi connectivity index (χ3v) is 4.97. The zero-order chi connectivity index (χ0) is 16.9. The minimum Gasteiger partial charge on any atom is -0.493 e. The van der Waals surface area contributed by atoms with Gasteiger partial charge in [-0.15, -0.1) is 0 Å². The standard InChI is InChI=1S/C19H32N2O2/c1-5-19(3,4)15-7-8-18(23-6-2)16(13-15)17(22)14-21-11-9-20-10-12-21/h7-8,13,17,20,22H,5-6,9-12,14H2,1-4H3. The van der Waals surface area contributed by atoms with Crippen molar-refractivity contribution in [2.24, 2.45) is 0 Å². The maximum absolute atomic E-state index is 10.8. The second-order valence-electron chi connectivity index (χ2n) is 6.99. The Balaban J connectivity index is 2.23. The number of benzene rings is 1. The van der Waals surface area contributed by atoms with Gasteiger partial charge in [0.25, 0.3) is 0 Å². The Morgan fingerprint density at radius 2 is 1.96 bits per heavy atom. The fourth-order valence-electron chi connectivity index (χ4n) is 2.96. The van der Waals surface area contributed by atoms with Gasteiger partial charge in [0.2, 0.25) is 0 Å². The molecular weight excluding hydrogens is 288 g/mol. The minimum absolute atomic E-state index is 0.105. The van der Waals surface area contributed by atoms with Gasteiger partial charge in [-0.25, -0.2) is 0 Å². The van der Waals surface area contributed by atoms with Gasteiger partial charge in [0.05, 0.1) is 12.7 Å². The molecule has 1 aliphatic rings. The van der Waals surface area contributed by atoms with E-state index < -0.39 is 6.10 Å². The summed E-state index contributed by atoms with van der Waals surface area (Å²) in [5.74, 6) is 0.811. The lowest BCUT2D eigenvalue weighted by Gasteiger charge is -2.30. The lowest BCUT2D eigenvalue weighted by atomic mass is 9.81. The number of hydrogen-bond acceptors (Lipinski definition) is 4. The molecule has 2 N–H and O–H groups in total. The van der Waals surface area contributed by atoms with E-state index in [1.807, 2.05) is 13.0 Å². The van der Waals surface area contributed by atoms with Crippen molar-refractivity contribution >= 4 is 0 Å². The summed E-state index contributed by atoms with van der Waals surface area (Å²) in [5, 5.41) is 14.1. The highest BCUT2D eigenvalue weighted by Crippen LogP contribution is 2.34. The number of nitrogens with zero attached hydrogens (tertiary/aromatic N) is 1. The van der Waals surface area contributed by atoms with Gasteiger partial charge < -0.3 is 15.2 Å². The van der Waals surface area contributed by atoms with Crippen LogP contribution < -0.4 is 10.1 Å². The number of hydrogen-bond donors (Lipinski definition) is 2. The molecule has 0 radical (unpaired) electrons. The molecule has 130 valence electrons. The molecule has 1 heterocycles. The minimum atomic E-state index is -0.512. The Bertz CT molecular complexity index is 496. The Labute approximate surface area is 140 Å². The fraction of sp³-hybridized carbons (Fsp3) is 0.684. The van der Waals surface area contributed by atoms with Crippen LogP contribution in [-0.2, 0) is 5.41 Å². The SMILES string of the molecule is CCOc1ccc(C(C)(C)CC)cc1C(O)CN1CCNCC1. The molecule has 0 bridgehead atoms. The fourth-order valence-corrected chi connectivity index (χ4v) is 2.96. The molecule has 2 rings (SSSR count). The van der Waals surface area contributed by atoms with Crippen molar-refractivity contribution in [1.82, 2.24) is 10.2 Å². The monoisotopic (exact) mass is 320 g/mol. The normalized spacial score (nSPS) is 18.0. The molecule has 4 heteroatoms. The molecule has 1 atom stereocenters. The largest absolute Gasteiger partial charge is 0.493 e. The first-order valence-corrected chi connectivity index (χ1v) is 8.86. The Kier molecular flexibility index (Phi) is 6.45. The molecule has 1 unspecified atom stereocenters. The van der Waals surface area contributed by atoms with E-state index in [0.717, 1.165) is 43.9 Å². The zero-order valence-electron chi connectivity index (χ0n) is 15.1. The molecule has 23 heavy (non-hydrogen) atoms. The van der Waals surface area contributed by atoms with Crippen molar-refractivity contribution in [2.45, 2.75) is 45.6 Å². The van der Waals surface area contributed by atoms with Crippen molar-refractivity contribution < 1.29 is 9.84 Å². The van der Waals surface area contributed by atoms with Crippen LogP contribution in [0.1, 0.15) is 51.3 Å². The molecule has 0 aromatic heterocycles. The summed E-state index contributed by atoms with van der Waals surface area (Å²) in [6.45, 7) is 13.9. The second-order valence-corrected chi connectivity index (χ2v) is 6.99. The number of nitrogens with one attached hydrogen (secondary N) is 1. The Morgan fingerprint density at radius 1 is 1.26 bits per heavy atom. The van der Waals surface area contributed by atoms with Crippen LogP contribution in [-0.4, -0.2) is 49.3 Å². The summed E-state index contributed by atoms with van der Waals surface area (Å²) in [6, 6.07) is 6.30. The van der Waals surface area contributed by atoms with Crippen LogP contribution in [0.25, 0.3) is 0 Å². The lowest BCUT2D eigenvalue weighted by Crippen LogP contribution is -2.45. The predicted molar refractivity (Wildman–Crippen MR) is 95.2 cm³/mol. The summed E-state index contributed by atoms with van der Waals surface area (Å²) in [5.41, 5.74) is 2.29. The molecular formula is C19H32N2O2. The van der Waals surface area contributed by atoms with E-state index in [1.165, 1.54) is 5.56 Å². The third-order valence-electron chi connectivity index (χ3n) is 4.97. The average Bonchev–Trinajstić information content (AvgIpc) is 2.56. The van der Waals surface area contributed by atoms with Crippen molar-refractivity contribution in [2.75, 3.05) is 39.3 Å². The highest BCUT2D eigenvalue weighted by Gasteiger charge is 2.23. The first-order valence-electron chi connectivity index (χ1n) is 8.86. The van der Waals surface area contributed by atoms with Crippen LogP contribution in [0.15, 0.2) is 18.2 Å². The van der Waals surface area contributed by atoms with Gasteiger partial charge in [-0.05, 0) is 36.5 Å². The predicted octanol–water partition coefficient (Wildman–Crippen LogP) is 2.71. The van der Waals surface area contributed by atoms with Crippen molar-refractivity contribution in [3.8, 4) is 5.75 Å². The van der Waals surface area contributed by atoms with Crippen molar-refractivity contribution in [3.63, 3.8) is 0 Å². The summed E-state index contributed by atoms with van der Waals surface area (Å²) in [7, 11) is 0.